The molecule has 1 aromatic rings. The van der Waals surface area contributed by atoms with Gasteiger partial charge >= 0.3 is 5.97 Å². The highest BCUT2D eigenvalue weighted by Crippen LogP contribution is 2.42. The lowest BCUT2D eigenvalue weighted by molar-refractivity contribution is -0.879. The first-order valence-corrected chi connectivity index (χ1v) is 8.50. The maximum atomic E-state index is 13.0. The molecule has 1 aliphatic carbocycles. The van der Waals surface area contributed by atoms with Crippen LogP contribution in [-0.2, 0) is 15.1 Å². The van der Waals surface area contributed by atoms with E-state index in [4.69, 9.17) is 8.85 Å². The molecular weight excluding hydrogens is 371 g/mol. The number of nitrogens with zero attached hydrogens (tertiary/aromatic N) is 1. The second-order valence-corrected chi connectivity index (χ2v) is 7.23. The summed E-state index contributed by atoms with van der Waals surface area (Å²) < 4.78 is 28.7. The molecule has 5 heteroatoms. The number of quaternary nitrogens is 1. The van der Waals surface area contributed by atoms with Crippen LogP contribution in [0.4, 0.5) is 0 Å². The lowest BCUT2D eigenvalue weighted by Gasteiger charge is -2.33. The highest BCUT2D eigenvalue weighted by Gasteiger charge is 2.49. The van der Waals surface area contributed by atoms with E-state index >= 15 is 0 Å². The van der Waals surface area contributed by atoms with Crippen molar-refractivity contribution in [3.63, 3.8) is 0 Å². The van der Waals surface area contributed by atoms with Crippen LogP contribution in [0.5, 0.6) is 0 Å². The molecule has 4 nitrogen and oxygen atoms in total. The number of halogens is 1. The van der Waals surface area contributed by atoms with Gasteiger partial charge in [-0.3, -0.25) is 0 Å². The van der Waals surface area contributed by atoms with E-state index in [1.54, 1.807) is 31.3 Å². The van der Waals surface area contributed by atoms with E-state index in [1.807, 2.05) is 6.07 Å². The van der Waals surface area contributed by atoms with Gasteiger partial charge in [0.2, 0.25) is 0 Å². The Hall–Kier alpha value is -0.910. The first-order chi connectivity index (χ1) is 12.2. The van der Waals surface area contributed by atoms with Gasteiger partial charge in [-0.1, -0.05) is 43.2 Å². The van der Waals surface area contributed by atoms with E-state index in [-0.39, 0.29) is 33.9 Å². The van der Waals surface area contributed by atoms with E-state index in [2.05, 4.69) is 0 Å². The van der Waals surface area contributed by atoms with Gasteiger partial charge < -0.3 is 31.3 Å². The Morgan fingerprint density at radius 2 is 1.96 bits per heavy atom. The zero-order valence-electron chi connectivity index (χ0n) is 17.1. The van der Waals surface area contributed by atoms with Crippen LogP contribution in [0.25, 0.3) is 0 Å². The molecule has 0 aromatic heterocycles. The predicted octanol–water partition coefficient (Wildman–Crippen LogP) is -0.540. The zero-order valence-corrected chi connectivity index (χ0v) is 15.7. The minimum absolute atomic E-state index is 0. The van der Waals surface area contributed by atoms with Crippen molar-refractivity contribution in [2.45, 2.75) is 43.8 Å². The molecule has 24 heavy (non-hydrogen) atoms. The van der Waals surface area contributed by atoms with Crippen molar-refractivity contribution >= 4 is 5.97 Å². The Kier molecular flexibility index (Phi) is 4.83. The van der Waals surface area contributed by atoms with Crippen LogP contribution >= 0.6 is 0 Å². The SMILES string of the molecule is [2H][13C]([2H])([2H])[N+]1(C)CCC(OC(=O)C(O)(c2ccccc2)C2CCCC2)C1.[Br-]. The molecule has 0 amide bonds. The summed E-state index contributed by atoms with van der Waals surface area (Å²) in [5.74, 6) is -0.804. The van der Waals surface area contributed by atoms with Crippen molar-refractivity contribution in [2.75, 3.05) is 27.1 Å². The summed E-state index contributed by atoms with van der Waals surface area (Å²) in [5.41, 5.74) is -1.10. The number of hydrogen-bond acceptors (Lipinski definition) is 3. The summed E-state index contributed by atoms with van der Waals surface area (Å²) in [4.78, 5) is 13.0. The van der Waals surface area contributed by atoms with E-state index in [9.17, 15) is 9.90 Å². The molecule has 3 rings (SSSR count). The standard InChI is InChI=1S/C19H28NO3.BrH/c1-20(2)13-12-17(14-20)23-18(21)19(22,16-10-6-7-11-16)15-8-4-3-5-9-15;/h3-5,8-9,16-17,22H,6-7,10-14H2,1-2H3;1H/q+1;/p-1/i1+1D3;. The normalized spacial score (nSPS) is 32.1. The number of aliphatic hydroxyl groups is 1. The van der Waals surface area contributed by atoms with Crippen molar-refractivity contribution in [3.8, 4) is 0 Å². The van der Waals surface area contributed by atoms with Crippen LogP contribution < -0.4 is 17.0 Å². The topological polar surface area (TPSA) is 46.5 Å². The highest BCUT2D eigenvalue weighted by molar-refractivity contribution is 5.81. The van der Waals surface area contributed by atoms with Gasteiger partial charge in [0.15, 0.2) is 11.7 Å². The number of esters is 1. The largest absolute Gasteiger partial charge is 1.00 e. The molecule has 0 spiro atoms. The van der Waals surface area contributed by atoms with Gasteiger partial charge in [0.25, 0.3) is 0 Å². The molecule has 1 saturated heterocycles. The summed E-state index contributed by atoms with van der Waals surface area (Å²) in [6, 6.07) is 8.98. The first-order valence-electron chi connectivity index (χ1n) is 10.0. The summed E-state index contributed by atoms with van der Waals surface area (Å²) in [6.45, 7) is -1.46. The average Bonchev–Trinajstić information content (AvgIpc) is 3.25. The Labute approximate surface area is 159 Å². The molecule has 3 atom stereocenters. The Balaban J connectivity index is 0.00000261. The summed E-state index contributed by atoms with van der Waals surface area (Å²) in [7, 11) is 1.67. The molecule has 1 heterocycles. The molecule has 2 aliphatic rings. The van der Waals surface area contributed by atoms with Crippen LogP contribution in [0.3, 0.4) is 0 Å². The fourth-order valence-electron chi connectivity index (χ4n) is 3.95. The lowest BCUT2D eigenvalue weighted by atomic mass is 9.80. The van der Waals surface area contributed by atoms with E-state index in [0.29, 0.717) is 18.5 Å². The zero-order chi connectivity index (χ0) is 19.0. The van der Waals surface area contributed by atoms with Crippen LogP contribution in [0.1, 0.15) is 41.8 Å². The van der Waals surface area contributed by atoms with Gasteiger partial charge in [-0.25, -0.2) is 4.79 Å². The summed E-state index contributed by atoms with van der Waals surface area (Å²) >= 11 is 0. The van der Waals surface area contributed by atoms with Gasteiger partial charge in [0, 0.05) is 12.3 Å². The molecule has 134 valence electrons. The predicted molar refractivity (Wildman–Crippen MR) is 88.6 cm³/mol. The van der Waals surface area contributed by atoms with Crippen molar-refractivity contribution in [2.24, 2.45) is 5.92 Å². The van der Waals surface area contributed by atoms with Crippen LogP contribution in [0.15, 0.2) is 30.3 Å². The van der Waals surface area contributed by atoms with E-state index in [1.165, 1.54) is 0 Å². The van der Waals surface area contributed by atoms with Crippen molar-refractivity contribution in [1.29, 1.82) is 0 Å². The van der Waals surface area contributed by atoms with Gasteiger partial charge in [-0.2, -0.15) is 0 Å². The molecular formula is C19H28BrNO3. The third-order valence-corrected chi connectivity index (χ3v) is 5.30. The van der Waals surface area contributed by atoms with Gasteiger partial charge in [-0.05, 0) is 18.4 Å². The van der Waals surface area contributed by atoms with Gasteiger partial charge in [-0.15, -0.1) is 0 Å². The van der Waals surface area contributed by atoms with Gasteiger partial charge in [0.05, 0.1) is 24.7 Å². The minimum Gasteiger partial charge on any atom is -1.00 e. The average molecular weight is 402 g/mol. The van der Waals surface area contributed by atoms with Crippen molar-refractivity contribution < 1.29 is 40.2 Å². The molecule has 1 N–H and O–H groups in total. The molecule has 0 bridgehead atoms. The quantitative estimate of drug-likeness (QED) is 0.418. The fourth-order valence-corrected chi connectivity index (χ4v) is 3.95. The molecule has 2 fully saturated rings. The van der Waals surface area contributed by atoms with Crippen LogP contribution in [-0.4, -0.2) is 48.8 Å². The number of likely N-dealkylation sites (N-methyl/N-ethyl adjacent to an activating group) is 1. The highest BCUT2D eigenvalue weighted by atomic mass is 79.9. The Morgan fingerprint density at radius 3 is 2.54 bits per heavy atom. The second-order valence-electron chi connectivity index (χ2n) is 7.23. The maximum absolute atomic E-state index is 13.0. The summed E-state index contributed by atoms with van der Waals surface area (Å²) in [6.07, 6.45) is 3.57. The second kappa shape index (κ2) is 7.54. The number of carbonyl (C=O) groups excluding carboxylic acids is 1. The molecule has 1 aromatic carbocycles. The number of carbonyl (C=O) groups is 1. The number of hydrogen-bond donors (Lipinski definition) is 1. The Bertz CT molecular complexity index is 651. The smallest absolute Gasteiger partial charge is 0.343 e. The molecule has 1 aliphatic heterocycles. The molecule has 0 radical (unpaired) electrons. The lowest BCUT2D eigenvalue weighted by Crippen LogP contribution is -3.00. The van der Waals surface area contributed by atoms with Crippen molar-refractivity contribution in [3.05, 3.63) is 35.9 Å². The van der Waals surface area contributed by atoms with E-state index in [0.717, 1.165) is 25.7 Å². The molecule has 1 saturated carbocycles. The van der Waals surface area contributed by atoms with Crippen LogP contribution in [0.2, 0.25) is 0 Å². The molecule has 3 unspecified atom stereocenters. The number of rotatable bonds is 4. The fraction of sp³-hybridized carbons (Fsp3) is 0.632. The van der Waals surface area contributed by atoms with Crippen molar-refractivity contribution in [1.82, 2.24) is 0 Å². The van der Waals surface area contributed by atoms with E-state index < -0.39 is 24.7 Å². The maximum Gasteiger partial charge on any atom is 0.343 e. The van der Waals surface area contributed by atoms with Gasteiger partial charge in [0.1, 0.15) is 6.54 Å². The monoisotopic (exact) mass is 401 g/mol. The number of likely N-dealkylation sites (tertiary alicyclic amines) is 1. The number of benzene rings is 1. The minimum atomic E-state index is -2.14. The number of ether oxygens (including phenoxy) is 1. The third kappa shape index (κ3) is 3.84. The Morgan fingerprint density at radius 1 is 1.29 bits per heavy atom. The van der Waals surface area contributed by atoms with Crippen LogP contribution in [0, 0.1) is 5.92 Å². The first kappa shape index (κ1) is 15.4. The third-order valence-electron chi connectivity index (χ3n) is 5.30. The summed E-state index contributed by atoms with van der Waals surface area (Å²) in [5, 5.41) is 11.4.